The number of rotatable bonds is 3. The van der Waals surface area contributed by atoms with Gasteiger partial charge in [0, 0.05) is 5.70 Å². The first kappa shape index (κ1) is 8.76. The molecule has 1 nitrogen and oxygen atoms in total. The first-order valence-electron chi connectivity index (χ1n) is 3.13. The van der Waals surface area contributed by atoms with Gasteiger partial charge < -0.3 is 5.73 Å². The van der Waals surface area contributed by atoms with Gasteiger partial charge in [0.25, 0.3) is 0 Å². The molecule has 0 atom stereocenters. The van der Waals surface area contributed by atoms with Crippen LogP contribution in [0, 0.1) is 0 Å². The lowest BCUT2D eigenvalue weighted by Crippen LogP contribution is -1.95. The van der Waals surface area contributed by atoms with Crippen LogP contribution in [0.15, 0.2) is 48.7 Å². The zero-order chi connectivity index (χ0) is 7.98. The Morgan fingerprint density at radius 2 is 1.90 bits per heavy atom. The van der Waals surface area contributed by atoms with Crippen LogP contribution >= 0.6 is 0 Å². The van der Waals surface area contributed by atoms with Gasteiger partial charge in [-0.15, -0.1) is 0 Å². The fourth-order valence-corrected chi connectivity index (χ4v) is 0.580. The van der Waals surface area contributed by atoms with Crippen molar-refractivity contribution in [3.63, 3.8) is 0 Å². The predicted molar refractivity (Wildman–Crippen MR) is 46.4 cm³/mol. The summed E-state index contributed by atoms with van der Waals surface area (Å²) in [6, 6.07) is 0. The second-order valence-electron chi connectivity index (χ2n) is 1.82. The lowest BCUT2D eigenvalue weighted by molar-refractivity contribution is 1.38. The lowest BCUT2D eigenvalue weighted by atomic mass is 10.2. The summed E-state index contributed by atoms with van der Waals surface area (Å²) in [5, 5.41) is 0. The van der Waals surface area contributed by atoms with E-state index >= 15 is 0 Å². The SMILES string of the molecule is C=C/C(N)=C(C=C)\C=C/C. The molecule has 0 unspecified atom stereocenters. The topological polar surface area (TPSA) is 26.0 Å². The molecule has 0 aromatic carbocycles. The molecule has 54 valence electrons. The van der Waals surface area contributed by atoms with E-state index in [0.29, 0.717) is 5.70 Å². The molecule has 0 bridgehead atoms. The summed E-state index contributed by atoms with van der Waals surface area (Å²) in [6.07, 6.45) is 7.12. The Balaban J connectivity index is 4.61. The molecule has 0 saturated heterocycles. The van der Waals surface area contributed by atoms with Crippen molar-refractivity contribution < 1.29 is 0 Å². The third-order valence-corrected chi connectivity index (χ3v) is 1.12. The Morgan fingerprint density at radius 3 is 2.20 bits per heavy atom. The molecular weight excluding hydrogens is 122 g/mol. The van der Waals surface area contributed by atoms with E-state index in [9.17, 15) is 0 Å². The first-order valence-corrected chi connectivity index (χ1v) is 3.13. The molecule has 0 aromatic rings. The van der Waals surface area contributed by atoms with Crippen molar-refractivity contribution in [1.29, 1.82) is 0 Å². The van der Waals surface area contributed by atoms with Gasteiger partial charge in [-0.3, -0.25) is 0 Å². The summed E-state index contributed by atoms with van der Waals surface area (Å²) in [4.78, 5) is 0. The highest BCUT2D eigenvalue weighted by Gasteiger charge is 1.87. The van der Waals surface area contributed by atoms with Crippen molar-refractivity contribution in [3.8, 4) is 0 Å². The van der Waals surface area contributed by atoms with Gasteiger partial charge in [-0.05, 0) is 18.6 Å². The first-order chi connectivity index (χ1) is 4.76. The molecule has 2 N–H and O–H groups in total. The van der Waals surface area contributed by atoms with E-state index in [2.05, 4.69) is 13.2 Å². The highest BCUT2D eigenvalue weighted by Crippen LogP contribution is 2.02. The van der Waals surface area contributed by atoms with Crippen molar-refractivity contribution in [2.45, 2.75) is 6.92 Å². The van der Waals surface area contributed by atoms with Crippen LogP contribution in [0.3, 0.4) is 0 Å². The second-order valence-corrected chi connectivity index (χ2v) is 1.82. The van der Waals surface area contributed by atoms with Gasteiger partial charge in [0.05, 0.1) is 0 Å². The van der Waals surface area contributed by atoms with E-state index in [1.54, 1.807) is 12.2 Å². The summed E-state index contributed by atoms with van der Waals surface area (Å²) in [5.74, 6) is 0. The minimum absolute atomic E-state index is 0.660. The lowest BCUT2D eigenvalue weighted by Gasteiger charge is -1.95. The Kier molecular flexibility index (Phi) is 4.05. The molecule has 10 heavy (non-hydrogen) atoms. The molecule has 0 fully saturated rings. The van der Waals surface area contributed by atoms with Gasteiger partial charge >= 0.3 is 0 Å². The van der Waals surface area contributed by atoms with Crippen LogP contribution in [0.2, 0.25) is 0 Å². The molecule has 0 aliphatic heterocycles. The van der Waals surface area contributed by atoms with Crippen LogP contribution in [-0.4, -0.2) is 0 Å². The zero-order valence-electron chi connectivity index (χ0n) is 6.30. The standard InChI is InChI=1S/C9H13N/c1-4-7-8(5-2)9(10)6-3/h4-7H,2-3,10H2,1H3/b7-4-,9-8+. The molecular formula is C9H13N. The summed E-state index contributed by atoms with van der Waals surface area (Å²) in [5.41, 5.74) is 7.13. The normalized spacial score (nSPS) is 12.9. The van der Waals surface area contributed by atoms with Crippen molar-refractivity contribution in [2.75, 3.05) is 0 Å². The number of hydrogen-bond acceptors (Lipinski definition) is 1. The Morgan fingerprint density at radius 1 is 1.30 bits per heavy atom. The number of hydrogen-bond donors (Lipinski definition) is 1. The summed E-state index contributed by atoms with van der Waals surface area (Å²) in [6.45, 7) is 9.09. The maximum atomic E-state index is 5.55. The molecule has 0 radical (unpaired) electrons. The third-order valence-electron chi connectivity index (χ3n) is 1.12. The molecule has 0 spiro atoms. The molecule has 0 aliphatic carbocycles. The average molecular weight is 135 g/mol. The monoisotopic (exact) mass is 135 g/mol. The van der Waals surface area contributed by atoms with Crippen molar-refractivity contribution in [2.24, 2.45) is 5.73 Å². The van der Waals surface area contributed by atoms with Gasteiger partial charge in [0.2, 0.25) is 0 Å². The minimum Gasteiger partial charge on any atom is -0.398 e. The van der Waals surface area contributed by atoms with Gasteiger partial charge in [0.1, 0.15) is 0 Å². The number of allylic oxidation sites excluding steroid dienone is 5. The molecule has 0 aromatic heterocycles. The summed E-state index contributed by atoms with van der Waals surface area (Å²) in [7, 11) is 0. The smallest absolute Gasteiger partial charge is 0.0381 e. The molecule has 0 heterocycles. The Labute approximate surface area is 62.2 Å². The Bertz CT molecular complexity index is 185. The van der Waals surface area contributed by atoms with Crippen LogP contribution < -0.4 is 5.73 Å². The third kappa shape index (κ3) is 2.35. The van der Waals surface area contributed by atoms with Crippen molar-refractivity contribution in [1.82, 2.24) is 0 Å². The van der Waals surface area contributed by atoms with Crippen molar-refractivity contribution in [3.05, 3.63) is 48.7 Å². The maximum absolute atomic E-state index is 5.55. The van der Waals surface area contributed by atoms with Gasteiger partial charge in [-0.25, -0.2) is 0 Å². The zero-order valence-corrected chi connectivity index (χ0v) is 6.30. The Hall–Kier alpha value is -1.24. The maximum Gasteiger partial charge on any atom is 0.0381 e. The average Bonchev–Trinajstić information content (AvgIpc) is 1.99. The molecule has 0 saturated carbocycles. The van der Waals surface area contributed by atoms with E-state index in [1.807, 2.05) is 19.1 Å². The van der Waals surface area contributed by atoms with Gasteiger partial charge in [-0.1, -0.05) is 31.4 Å². The minimum atomic E-state index is 0.660. The van der Waals surface area contributed by atoms with E-state index < -0.39 is 0 Å². The quantitative estimate of drug-likeness (QED) is 0.589. The molecule has 0 aliphatic rings. The predicted octanol–water partition coefficient (Wildman–Crippen LogP) is 2.15. The highest BCUT2D eigenvalue weighted by molar-refractivity contribution is 5.37. The van der Waals surface area contributed by atoms with Crippen molar-refractivity contribution >= 4 is 0 Å². The van der Waals surface area contributed by atoms with E-state index in [0.717, 1.165) is 5.57 Å². The molecule has 0 rings (SSSR count). The van der Waals surface area contributed by atoms with Crippen LogP contribution in [0.1, 0.15) is 6.92 Å². The fourth-order valence-electron chi connectivity index (χ4n) is 0.580. The van der Waals surface area contributed by atoms with E-state index in [-0.39, 0.29) is 0 Å². The van der Waals surface area contributed by atoms with Crippen LogP contribution in [0.25, 0.3) is 0 Å². The van der Waals surface area contributed by atoms with E-state index in [4.69, 9.17) is 5.73 Å². The fraction of sp³-hybridized carbons (Fsp3) is 0.111. The summed E-state index contributed by atoms with van der Waals surface area (Å²) < 4.78 is 0. The van der Waals surface area contributed by atoms with Crippen LogP contribution in [-0.2, 0) is 0 Å². The van der Waals surface area contributed by atoms with E-state index in [1.165, 1.54) is 0 Å². The van der Waals surface area contributed by atoms with Gasteiger partial charge in [0.15, 0.2) is 0 Å². The molecule has 0 amide bonds. The highest BCUT2D eigenvalue weighted by atomic mass is 14.6. The number of nitrogens with two attached hydrogens (primary N) is 1. The van der Waals surface area contributed by atoms with Crippen LogP contribution in [0.5, 0.6) is 0 Å². The second kappa shape index (κ2) is 4.62. The van der Waals surface area contributed by atoms with Crippen LogP contribution in [0.4, 0.5) is 0 Å². The largest absolute Gasteiger partial charge is 0.398 e. The van der Waals surface area contributed by atoms with Gasteiger partial charge in [-0.2, -0.15) is 0 Å². The summed E-state index contributed by atoms with van der Waals surface area (Å²) >= 11 is 0. The molecule has 1 heteroatoms.